The summed E-state index contributed by atoms with van der Waals surface area (Å²) in [6.07, 6.45) is 1.55. The van der Waals surface area contributed by atoms with Crippen LogP contribution in [0.5, 0.6) is 0 Å². The van der Waals surface area contributed by atoms with Gasteiger partial charge in [0.1, 0.15) is 6.17 Å². The van der Waals surface area contributed by atoms with Gasteiger partial charge in [-0.2, -0.15) is 0 Å². The molecule has 2 atom stereocenters. The van der Waals surface area contributed by atoms with Crippen LogP contribution in [0.15, 0.2) is 28.7 Å². The monoisotopic (exact) mass is 340 g/mol. The molecule has 3 nitrogen and oxygen atoms in total. The molecule has 1 saturated heterocycles. The van der Waals surface area contributed by atoms with Crippen molar-refractivity contribution < 1.29 is 9.18 Å². The lowest BCUT2D eigenvalue weighted by atomic mass is 9.96. The molecule has 1 aromatic carbocycles. The first-order valence-corrected chi connectivity index (χ1v) is 7.80. The minimum absolute atomic E-state index is 0.0590. The molecule has 1 aliphatic heterocycles. The van der Waals surface area contributed by atoms with Gasteiger partial charge in [0.05, 0.1) is 6.04 Å². The van der Waals surface area contributed by atoms with Crippen LogP contribution < -0.4 is 10.6 Å². The number of rotatable bonds is 4. The van der Waals surface area contributed by atoms with E-state index >= 15 is 0 Å². The number of hydrogen-bond acceptors (Lipinski definition) is 2. The molecular formula is C15H18BrFN2O. The molecule has 1 aliphatic carbocycles. The predicted molar refractivity (Wildman–Crippen MR) is 79.4 cm³/mol. The van der Waals surface area contributed by atoms with Crippen molar-refractivity contribution in [3.05, 3.63) is 34.3 Å². The number of alkyl halides is 1. The maximum Gasteiger partial charge on any atom is 0.237 e. The lowest BCUT2D eigenvalue weighted by Gasteiger charge is -2.19. The number of amides is 1. The predicted octanol–water partition coefficient (Wildman–Crippen LogP) is 2.30. The van der Waals surface area contributed by atoms with Crippen LogP contribution in [0.3, 0.4) is 0 Å². The molecule has 2 fully saturated rings. The lowest BCUT2D eigenvalue weighted by Crippen LogP contribution is -2.43. The van der Waals surface area contributed by atoms with Crippen molar-refractivity contribution >= 4 is 21.8 Å². The molecular weight excluding hydrogens is 323 g/mol. The van der Waals surface area contributed by atoms with E-state index in [-0.39, 0.29) is 30.3 Å². The van der Waals surface area contributed by atoms with Gasteiger partial charge in [0.15, 0.2) is 0 Å². The Morgan fingerprint density at radius 2 is 2.20 bits per heavy atom. The molecule has 0 aromatic heterocycles. The minimum atomic E-state index is -0.899. The van der Waals surface area contributed by atoms with E-state index in [1.807, 2.05) is 18.2 Å². The van der Waals surface area contributed by atoms with Crippen LogP contribution in [-0.4, -0.2) is 31.2 Å². The number of nitrogens with one attached hydrogen (secondary N) is 2. The molecule has 108 valence electrons. The van der Waals surface area contributed by atoms with E-state index in [0.717, 1.165) is 17.3 Å². The van der Waals surface area contributed by atoms with Gasteiger partial charge in [-0.05, 0) is 24.5 Å². The fourth-order valence-electron chi connectivity index (χ4n) is 2.86. The fraction of sp³-hybridized carbons (Fsp3) is 0.533. The summed E-state index contributed by atoms with van der Waals surface area (Å²) in [5.74, 6) is -0.0801. The smallest absolute Gasteiger partial charge is 0.237 e. The first kappa shape index (κ1) is 14.0. The minimum Gasteiger partial charge on any atom is -0.354 e. The SMILES string of the molecule is O=C(NCC1(c2ccccc2Br)CC1)[C@H]1C[C@H](F)CN1. The summed E-state index contributed by atoms with van der Waals surface area (Å²) in [6, 6.07) is 7.78. The van der Waals surface area contributed by atoms with Gasteiger partial charge in [-0.1, -0.05) is 34.1 Å². The van der Waals surface area contributed by atoms with E-state index in [1.54, 1.807) is 0 Å². The Balaban J connectivity index is 1.61. The van der Waals surface area contributed by atoms with Crippen molar-refractivity contribution in [3.8, 4) is 0 Å². The second-order valence-corrected chi connectivity index (χ2v) is 6.63. The summed E-state index contributed by atoms with van der Waals surface area (Å²) < 4.78 is 14.2. The highest BCUT2D eigenvalue weighted by atomic mass is 79.9. The van der Waals surface area contributed by atoms with Gasteiger partial charge in [0.25, 0.3) is 0 Å². The van der Waals surface area contributed by atoms with Gasteiger partial charge in [-0.25, -0.2) is 4.39 Å². The molecule has 1 saturated carbocycles. The quantitative estimate of drug-likeness (QED) is 0.882. The van der Waals surface area contributed by atoms with Crippen molar-refractivity contribution in [1.29, 1.82) is 0 Å². The first-order valence-electron chi connectivity index (χ1n) is 7.01. The zero-order valence-electron chi connectivity index (χ0n) is 11.2. The van der Waals surface area contributed by atoms with Crippen molar-refractivity contribution in [1.82, 2.24) is 10.6 Å². The third-order valence-electron chi connectivity index (χ3n) is 4.29. The largest absolute Gasteiger partial charge is 0.354 e. The van der Waals surface area contributed by atoms with Crippen LogP contribution in [0.25, 0.3) is 0 Å². The van der Waals surface area contributed by atoms with Gasteiger partial charge < -0.3 is 10.6 Å². The Bertz CT molecular complexity index is 518. The molecule has 0 spiro atoms. The van der Waals surface area contributed by atoms with E-state index in [9.17, 15) is 9.18 Å². The highest BCUT2D eigenvalue weighted by Gasteiger charge is 2.45. The maximum atomic E-state index is 13.1. The average molecular weight is 341 g/mol. The van der Waals surface area contributed by atoms with Crippen molar-refractivity contribution in [2.24, 2.45) is 0 Å². The maximum absolute atomic E-state index is 13.1. The van der Waals surface area contributed by atoms with Crippen LogP contribution in [0.1, 0.15) is 24.8 Å². The second-order valence-electron chi connectivity index (χ2n) is 5.77. The molecule has 5 heteroatoms. The van der Waals surface area contributed by atoms with E-state index in [4.69, 9.17) is 0 Å². The number of benzene rings is 1. The molecule has 0 bridgehead atoms. The highest BCUT2D eigenvalue weighted by molar-refractivity contribution is 9.10. The van der Waals surface area contributed by atoms with Gasteiger partial charge in [0.2, 0.25) is 5.91 Å². The zero-order chi connectivity index (χ0) is 14.2. The Morgan fingerprint density at radius 3 is 2.80 bits per heavy atom. The van der Waals surface area contributed by atoms with Crippen LogP contribution >= 0.6 is 15.9 Å². The van der Waals surface area contributed by atoms with Crippen LogP contribution in [0, 0.1) is 0 Å². The number of halogens is 2. The van der Waals surface area contributed by atoms with E-state index in [0.29, 0.717) is 6.54 Å². The summed E-state index contributed by atoms with van der Waals surface area (Å²) >= 11 is 3.58. The normalized spacial score (nSPS) is 27.3. The zero-order valence-corrected chi connectivity index (χ0v) is 12.7. The second kappa shape index (κ2) is 5.45. The van der Waals surface area contributed by atoms with E-state index in [2.05, 4.69) is 32.6 Å². The topological polar surface area (TPSA) is 41.1 Å². The Morgan fingerprint density at radius 1 is 1.45 bits per heavy atom. The molecule has 1 aromatic rings. The molecule has 0 radical (unpaired) electrons. The Hall–Kier alpha value is -0.940. The number of carbonyl (C=O) groups is 1. The van der Waals surface area contributed by atoms with Crippen molar-refractivity contribution in [2.45, 2.75) is 36.9 Å². The number of carbonyl (C=O) groups excluding carboxylic acids is 1. The molecule has 3 rings (SSSR count). The molecule has 0 unspecified atom stereocenters. The lowest BCUT2D eigenvalue weighted by molar-refractivity contribution is -0.123. The van der Waals surface area contributed by atoms with E-state index in [1.165, 1.54) is 5.56 Å². The molecule has 2 N–H and O–H groups in total. The Labute approximate surface area is 126 Å². The van der Waals surface area contributed by atoms with Gasteiger partial charge >= 0.3 is 0 Å². The third-order valence-corrected chi connectivity index (χ3v) is 4.98. The van der Waals surface area contributed by atoms with Crippen LogP contribution in [-0.2, 0) is 10.2 Å². The average Bonchev–Trinajstić information content (AvgIpc) is 3.10. The summed E-state index contributed by atoms with van der Waals surface area (Å²) in [5.41, 5.74) is 1.31. The summed E-state index contributed by atoms with van der Waals surface area (Å²) in [7, 11) is 0. The summed E-state index contributed by atoms with van der Waals surface area (Å²) in [6.45, 7) is 0.914. The van der Waals surface area contributed by atoms with Crippen LogP contribution in [0.2, 0.25) is 0 Å². The van der Waals surface area contributed by atoms with Gasteiger partial charge in [-0.15, -0.1) is 0 Å². The summed E-state index contributed by atoms with van der Waals surface area (Å²) in [5, 5.41) is 5.90. The third kappa shape index (κ3) is 2.74. The van der Waals surface area contributed by atoms with Crippen molar-refractivity contribution in [3.63, 3.8) is 0 Å². The van der Waals surface area contributed by atoms with Crippen molar-refractivity contribution in [2.75, 3.05) is 13.1 Å². The molecule has 2 aliphatic rings. The number of hydrogen-bond donors (Lipinski definition) is 2. The fourth-order valence-corrected chi connectivity index (χ4v) is 3.56. The van der Waals surface area contributed by atoms with Gasteiger partial charge in [0, 0.05) is 29.4 Å². The van der Waals surface area contributed by atoms with Crippen LogP contribution in [0.4, 0.5) is 4.39 Å². The standard InChI is InChI=1S/C15H18BrFN2O/c16-12-4-2-1-3-11(12)15(5-6-15)9-19-14(20)13-7-10(17)8-18-13/h1-4,10,13,18H,5-9H2,(H,19,20)/t10-,13+/m0/s1. The van der Waals surface area contributed by atoms with Gasteiger partial charge in [-0.3, -0.25) is 4.79 Å². The summed E-state index contributed by atoms with van der Waals surface area (Å²) in [4.78, 5) is 12.0. The molecule has 1 heterocycles. The molecule has 20 heavy (non-hydrogen) atoms. The first-order chi connectivity index (χ1) is 9.61. The highest BCUT2D eigenvalue weighted by Crippen LogP contribution is 2.49. The molecule has 1 amide bonds. The Kier molecular flexibility index (Phi) is 3.82. The van der Waals surface area contributed by atoms with E-state index < -0.39 is 6.17 Å².